The van der Waals surface area contributed by atoms with Crippen LogP contribution in [0.3, 0.4) is 0 Å². The van der Waals surface area contributed by atoms with E-state index in [4.69, 9.17) is 0 Å². The van der Waals surface area contributed by atoms with Crippen molar-refractivity contribution >= 4 is 17.7 Å². The fraction of sp³-hybridized carbons (Fsp3) is 0.643. The minimum Gasteiger partial charge on any atom is -0.346 e. The zero-order chi connectivity index (χ0) is 15.5. The maximum absolute atomic E-state index is 12.3. The third-order valence-corrected chi connectivity index (χ3v) is 2.86. The molecular weight excluding hydrogens is 258 g/mol. The van der Waals surface area contributed by atoms with Crippen molar-refractivity contribution in [1.29, 1.82) is 0 Å². The minimum absolute atomic E-state index is 0.122. The van der Waals surface area contributed by atoms with Gasteiger partial charge in [-0.25, -0.2) is 0 Å². The molecule has 1 rings (SSSR count). The highest BCUT2D eigenvalue weighted by molar-refractivity contribution is 5.98. The minimum atomic E-state index is -0.405. The molecule has 0 fully saturated rings. The third-order valence-electron chi connectivity index (χ3n) is 2.86. The van der Waals surface area contributed by atoms with E-state index in [9.17, 15) is 14.4 Å². The van der Waals surface area contributed by atoms with Crippen LogP contribution in [0, 0.1) is 0 Å². The van der Waals surface area contributed by atoms with Crippen LogP contribution >= 0.6 is 0 Å². The van der Waals surface area contributed by atoms with Gasteiger partial charge in [0.25, 0.3) is 5.91 Å². The number of carbonyl (C=O) groups is 3. The van der Waals surface area contributed by atoms with Crippen LogP contribution in [-0.4, -0.2) is 46.1 Å². The average molecular weight is 281 g/mol. The summed E-state index contributed by atoms with van der Waals surface area (Å²) in [5, 5.41) is 2.82. The van der Waals surface area contributed by atoms with Crippen LogP contribution in [0.1, 0.15) is 41.0 Å². The van der Waals surface area contributed by atoms with Crippen molar-refractivity contribution < 1.29 is 14.4 Å². The number of nitrogens with zero attached hydrogens (tertiary/aromatic N) is 2. The summed E-state index contributed by atoms with van der Waals surface area (Å²) in [4.78, 5) is 38.6. The fourth-order valence-electron chi connectivity index (χ4n) is 1.89. The van der Waals surface area contributed by atoms with E-state index in [0.717, 1.165) is 0 Å². The van der Waals surface area contributed by atoms with Gasteiger partial charge in [-0.05, 0) is 20.8 Å². The molecule has 0 spiro atoms. The van der Waals surface area contributed by atoms with E-state index < -0.39 is 5.54 Å². The Morgan fingerprint density at radius 2 is 1.85 bits per heavy atom. The third kappa shape index (κ3) is 4.08. The first-order chi connectivity index (χ1) is 9.15. The average Bonchev–Trinajstić information content (AvgIpc) is 2.35. The van der Waals surface area contributed by atoms with E-state index in [0.29, 0.717) is 19.5 Å². The van der Waals surface area contributed by atoms with Gasteiger partial charge >= 0.3 is 0 Å². The first-order valence-electron chi connectivity index (χ1n) is 6.77. The SMILES string of the molecule is CCC(=O)N1CCN(C(C)=O)C=C1C(=O)NC(C)(C)C. The van der Waals surface area contributed by atoms with Gasteiger partial charge in [-0.1, -0.05) is 6.92 Å². The molecule has 0 saturated heterocycles. The lowest BCUT2D eigenvalue weighted by Crippen LogP contribution is -2.50. The Morgan fingerprint density at radius 1 is 1.25 bits per heavy atom. The quantitative estimate of drug-likeness (QED) is 0.815. The predicted molar refractivity (Wildman–Crippen MR) is 75.4 cm³/mol. The molecule has 1 heterocycles. The number of carbonyl (C=O) groups excluding carboxylic acids is 3. The number of rotatable bonds is 2. The number of hydrogen-bond donors (Lipinski definition) is 1. The second-order valence-electron chi connectivity index (χ2n) is 5.83. The topological polar surface area (TPSA) is 69.7 Å². The van der Waals surface area contributed by atoms with Crippen LogP contribution in [0.4, 0.5) is 0 Å². The number of amides is 3. The van der Waals surface area contributed by atoms with Crippen molar-refractivity contribution in [2.24, 2.45) is 0 Å². The summed E-state index contributed by atoms with van der Waals surface area (Å²) in [6.07, 6.45) is 1.78. The Kier molecular flexibility index (Phi) is 4.92. The Hall–Kier alpha value is -1.85. The Balaban J connectivity index is 3.06. The van der Waals surface area contributed by atoms with Crippen LogP contribution in [0.25, 0.3) is 0 Å². The van der Waals surface area contributed by atoms with Gasteiger partial charge in [-0.2, -0.15) is 0 Å². The molecule has 6 nitrogen and oxygen atoms in total. The Labute approximate surface area is 119 Å². The maximum atomic E-state index is 12.3. The Bertz CT molecular complexity index is 449. The van der Waals surface area contributed by atoms with Crippen molar-refractivity contribution in [3.05, 3.63) is 11.9 Å². The van der Waals surface area contributed by atoms with E-state index in [1.54, 1.807) is 6.92 Å². The maximum Gasteiger partial charge on any atom is 0.269 e. The molecule has 3 amide bonds. The summed E-state index contributed by atoms with van der Waals surface area (Å²) in [7, 11) is 0. The van der Waals surface area contributed by atoms with E-state index in [1.165, 1.54) is 22.9 Å². The van der Waals surface area contributed by atoms with Crippen molar-refractivity contribution in [3.63, 3.8) is 0 Å². The number of nitrogens with one attached hydrogen (secondary N) is 1. The molecule has 112 valence electrons. The van der Waals surface area contributed by atoms with Gasteiger partial charge < -0.3 is 15.1 Å². The van der Waals surface area contributed by atoms with E-state index >= 15 is 0 Å². The van der Waals surface area contributed by atoms with Crippen molar-refractivity contribution in [2.45, 2.75) is 46.6 Å². The highest BCUT2D eigenvalue weighted by Gasteiger charge is 2.30. The second kappa shape index (κ2) is 6.07. The molecule has 6 heteroatoms. The summed E-state index contributed by atoms with van der Waals surface area (Å²) in [5.74, 6) is -0.608. The summed E-state index contributed by atoms with van der Waals surface area (Å²) in [6.45, 7) is 9.53. The van der Waals surface area contributed by atoms with Gasteiger partial charge in [0.05, 0.1) is 0 Å². The summed E-state index contributed by atoms with van der Waals surface area (Å²) < 4.78 is 0. The van der Waals surface area contributed by atoms with Crippen LogP contribution in [0.15, 0.2) is 11.9 Å². The van der Waals surface area contributed by atoms with E-state index in [1.807, 2.05) is 20.8 Å². The van der Waals surface area contributed by atoms with Gasteiger partial charge in [0, 0.05) is 38.2 Å². The van der Waals surface area contributed by atoms with E-state index in [-0.39, 0.29) is 23.4 Å². The zero-order valence-corrected chi connectivity index (χ0v) is 12.8. The Morgan fingerprint density at radius 3 is 2.30 bits per heavy atom. The molecule has 0 radical (unpaired) electrons. The zero-order valence-electron chi connectivity index (χ0n) is 12.8. The molecule has 1 N–H and O–H groups in total. The molecule has 0 bridgehead atoms. The molecule has 1 aliphatic heterocycles. The summed E-state index contributed by atoms with van der Waals surface area (Å²) in [5.41, 5.74) is -0.176. The van der Waals surface area contributed by atoms with Gasteiger partial charge in [0.1, 0.15) is 5.70 Å². The molecule has 0 unspecified atom stereocenters. The van der Waals surface area contributed by atoms with Crippen LogP contribution in [-0.2, 0) is 14.4 Å². The molecule has 0 aromatic heterocycles. The lowest BCUT2D eigenvalue weighted by atomic mass is 10.1. The molecule has 0 aromatic rings. The first kappa shape index (κ1) is 16.2. The fourth-order valence-corrected chi connectivity index (χ4v) is 1.89. The monoisotopic (exact) mass is 281 g/mol. The second-order valence-corrected chi connectivity index (χ2v) is 5.83. The van der Waals surface area contributed by atoms with Crippen molar-refractivity contribution in [2.75, 3.05) is 13.1 Å². The molecule has 1 aliphatic rings. The summed E-state index contributed by atoms with van der Waals surface area (Å²) >= 11 is 0. The largest absolute Gasteiger partial charge is 0.346 e. The molecule has 0 atom stereocenters. The standard InChI is InChI=1S/C14H23N3O3/c1-6-12(19)17-8-7-16(10(2)18)9-11(17)13(20)15-14(3,4)5/h9H,6-8H2,1-5H3,(H,15,20). The van der Waals surface area contributed by atoms with Gasteiger partial charge in [0.2, 0.25) is 11.8 Å². The van der Waals surface area contributed by atoms with Crippen molar-refractivity contribution in [3.8, 4) is 0 Å². The van der Waals surface area contributed by atoms with Gasteiger partial charge in [-0.15, -0.1) is 0 Å². The molecule has 0 aliphatic carbocycles. The normalized spacial score (nSPS) is 15.8. The first-order valence-corrected chi connectivity index (χ1v) is 6.77. The van der Waals surface area contributed by atoms with Gasteiger partial charge in [-0.3, -0.25) is 14.4 Å². The van der Waals surface area contributed by atoms with E-state index in [2.05, 4.69) is 5.32 Å². The lowest BCUT2D eigenvalue weighted by Gasteiger charge is -2.34. The van der Waals surface area contributed by atoms with Crippen molar-refractivity contribution in [1.82, 2.24) is 15.1 Å². The summed E-state index contributed by atoms with van der Waals surface area (Å²) in [6, 6.07) is 0. The van der Waals surface area contributed by atoms with Crippen LogP contribution in [0.5, 0.6) is 0 Å². The number of hydrogen-bond acceptors (Lipinski definition) is 3. The van der Waals surface area contributed by atoms with Crippen LogP contribution in [0.2, 0.25) is 0 Å². The lowest BCUT2D eigenvalue weighted by molar-refractivity contribution is -0.135. The highest BCUT2D eigenvalue weighted by atomic mass is 16.2. The smallest absolute Gasteiger partial charge is 0.269 e. The predicted octanol–water partition coefficient (Wildman–Crippen LogP) is 0.843. The molecular formula is C14H23N3O3. The van der Waals surface area contributed by atoms with Crippen LogP contribution < -0.4 is 5.32 Å². The highest BCUT2D eigenvalue weighted by Crippen LogP contribution is 2.16. The molecule has 0 aromatic carbocycles. The molecule has 0 saturated carbocycles. The molecule has 20 heavy (non-hydrogen) atoms. The van der Waals surface area contributed by atoms with Gasteiger partial charge in [0.15, 0.2) is 0 Å².